The van der Waals surface area contributed by atoms with Crippen molar-refractivity contribution in [2.75, 3.05) is 32.1 Å². The van der Waals surface area contributed by atoms with Crippen molar-refractivity contribution in [1.82, 2.24) is 14.6 Å². The molecule has 0 unspecified atom stereocenters. The van der Waals surface area contributed by atoms with Crippen LogP contribution in [0.4, 0.5) is 10.5 Å². The third-order valence-corrected chi connectivity index (χ3v) is 8.70. The van der Waals surface area contributed by atoms with E-state index in [1.165, 1.54) is 11.1 Å². The summed E-state index contributed by atoms with van der Waals surface area (Å²) in [6, 6.07) is 5.25. The predicted octanol–water partition coefficient (Wildman–Crippen LogP) is 3.80. The number of rotatable bonds is 7. The largest absolute Gasteiger partial charge is 0.473 e. The number of ether oxygens (including phenoxy) is 1. The van der Waals surface area contributed by atoms with Gasteiger partial charge in [0.2, 0.25) is 15.9 Å². The lowest BCUT2D eigenvalue weighted by molar-refractivity contribution is 0.256. The van der Waals surface area contributed by atoms with Gasteiger partial charge in [-0.05, 0) is 86.4 Å². The van der Waals surface area contributed by atoms with Crippen LogP contribution in [0, 0.1) is 6.92 Å². The summed E-state index contributed by atoms with van der Waals surface area (Å²) in [4.78, 5) is 19.4. The number of carbonyl (C=O) groups is 1. The van der Waals surface area contributed by atoms with Crippen molar-refractivity contribution in [2.24, 2.45) is 0 Å². The summed E-state index contributed by atoms with van der Waals surface area (Å²) in [5, 5.41) is 2.43. The molecule has 0 saturated heterocycles. The van der Waals surface area contributed by atoms with E-state index in [1.54, 1.807) is 6.20 Å². The molecule has 8 nitrogen and oxygen atoms in total. The van der Waals surface area contributed by atoms with Gasteiger partial charge in [-0.1, -0.05) is 12.1 Å². The van der Waals surface area contributed by atoms with Crippen LogP contribution in [0.25, 0.3) is 11.1 Å². The molecule has 0 atom stereocenters. The molecule has 2 aliphatic carbocycles. The Bertz CT molecular complexity index is 1280. The minimum Gasteiger partial charge on any atom is -0.473 e. The standard InChI is InChI=1S/C26H32N4O4S/c1-17-13-19-6-3-7-22(19)25(28-26(31)29-35(32,33)21-8-9-21)24(17)20-10-11-27-23(14-20)34-16-18-5-4-12-30(2)15-18/h5,10-11,13-14,21H,3-4,6-9,12,15-16H2,1-2H3,(H2,28,29,31). The van der Waals surface area contributed by atoms with E-state index >= 15 is 0 Å². The van der Waals surface area contributed by atoms with Crippen LogP contribution < -0.4 is 14.8 Å². The Labute approximate surface area is 206 Å². The van der Waals surface area contributed by atoms with Crippen molar-refractivity contribution in [1.29, 1.82) is 0 Å². The van der Waals surface area contributed by atoms with E-state index in [2.05, 4.69) is 39.1 Å². The molecule has 5 rings (SSSR count). The Hall–Kier alpha value is -2.91. The maximum absolute atomic E-state index is 12.8. The van der Waals surface area contributed by atoms with Gasteiger partial charge in [-0.15, -0.1) is 0 Å². The molecule has 1 aromatic heterocycles. The van der Waals surface area contributed by atoms with Gasteiger partial charge >= 0.3 is 6.03 Å². The fourth-order valence-corrected chi connectivity index (χ4v) is 6.26. The lowest BCUT2D eigenvalue weighted by atomic mass is 9.93. The molecule has 9 heteroatoms. The van der Waals surface area contributed by atoms with Gasteiger partial charge in [0.1, 0.15) is 6.61 Å². The highest BCUT2D eigenvalue weighted by Gasteiger charge is 2.37. The van der Waals surface area contributed by atoms with Gasteiger partial charge in [0.05, 0.1) is 10.9 Å². The molecule has 1 saturated carbocycles. The molecule has 2 heterocycles. The second-order valence-corrected chi connectivity index (χ2v) is 11.8. The number of sulfonamides is 1. The number of nitrogens with zero attached hydrogens (tertiary/aromatic N) is 2. The van der Waals surface area contributed by atoms with E-state index in [1.807, 2.05) is 19.1 Å². The number of likely N-dealkylation sites (N-methyl/N-ethyl adjacent to an activating group) is 1. The molecule has 2 N–H and O–H groups in total. The van der Waals surface area contributed by atoms with Crippen LogP contribution in [0.5, 0.6) is 5.88 Å². The first-order valence-corrected chi connectivity index (χ1v) is 13.8. The summed E-state index contributed by atoms with van der Waals surface area (Å²) >= 11 is 0. The van der Waals surface area contributed by atoms with Gasteiger partial charge in [-0.25, -0.2) is 22.9 Å². The smallest absolute Gasteiger partial charge is 0.332 e. The average Bonchev–Trinajstić information content (AvgIpc) is 3.58. The summed E-state index contributed by atoms with van der Waals surface area (Å²) in [5.41, 5.74) is 6.93. The molecule has 3 aliphatic rings. The van der Waals surface area contributed by atoms with Crippen LogP contribution in [0.3, 0.4) is 0 Å². The number of aryl methyl sites for hydroxylation is 2. The normalized spacial score (nSPS) is 18.1. The number of anilines is 1. The first kappa shape index (κ1) is 23.8. The second kappa shape index (κ2) is 9.62. The zero-order chi connectivity index (χ0) is 24.6. The third kappa shape index (κ3) is 5.36. The lowest BCUT2D eigenvalue weighted by Gasteiger charge is -2.23. The number of hydrogen-bond acceptors (Lipinski definition) is 6. The minimum atomic E-state index is -3.64. The van der Waals surface area contributed by atoms with Gasteiger partial charge < -0.3 is 15.0 Å². The molecular formula is C26H32N4O4S. The monoisotopic (exact) mass is 496 g/mol. The highest BCUT2D eigenvalue weighted by Crippen LogP contribution is 2.41. The van der Waals surface area contributed by atoms with Crippen molar-refractivity contribution < 1.29 is 17.9 Å². The van der Waals surface area contributed by atoms with Crippen LogP contribution in [0.1, 0.15) is 42.4 Å². The molecule has 0 radical (unpaired) electrons. The minimum absolute atomic E-state index is 0.463. The highest BCUT2D eigenvalue weighted by atomic mass is 32.2. The Morgan fingerprint density at radius 1 is 1.26 bits per heavy atom. The Morgan fingerprint density at radius 3 is 2.86 bits per heavy atom. The molecular weight excluding hydrogens is 464 g/mol. The Balaban J connectivity index is 1.43. The first-order chi connectivity index (χ1) is 16.8. The highest BCUT2D eigenvalue weighted by molar-refractivity contribution is 7.90. The molecule has 186 valence electrons. The molecule has 0 bridgehead atoms. The van der Waals surface area contributed by atoms with E-state index in [4.69, 9.17) is 4.74 Å². The fourth-order valence-electron chi connectivity index (χ4n) is 5.03. The number of fused-ring (bicyclic) bond motifs is 1. The van der Waals surface area contributed by atoms with E-state index < -0.39 is 21.3 Å². The summed E-state index contributed by atoms with van der Waals surface area (Å²) in [6.07, 6.45) is 8.94. The van der Waals surface area contributed by atoms with E-state index in [0.717, 1.165) is 61.0 Å². The average molecular weight is 497 g/mol. The van der Waals surface area contributed by atoms with E-state index in [-0.39, 0.29) is 0 Å². The number of hydrogen-bond donors (Lipinski definition) is 2. The quantitative estimate of drug-likeness (QED) is 0.566. The van der Waals surface area contributed by atoms with Crippen molar-refractivity contribution in [3.8, 4) is 17.0 Å². The van der Waals surface area contributed by atoms with Crippen LogP contribution in [0.2, 0.25) is 0 Å². The predicted molar refractivity (Wildman–Crippen MR) is 136 cm³/mol. The zero-order valence-electron chi connectivity index (χ0n) is 20.3. The Morgan fingerprint density at radius 2 is 2.09 bits per heavy atom. The molecule has 0 spiro atoms. The summed E-state index contributed by atoms with van der Waals surface area (Å²) in [6.45, 7) is 4.44. The van der Waals surface area contributed by atoms with E-state index in [0.29, 0.717) is 31.0 Å². The third-order valence-electron chi connectivity index (χ3n) is 6.88. The van der Waals surface area contributed by atoms with Crippen molar-refractivity contribution >= 4 is 21.7 Å². The number of pyridine rings is 1. The van der Waals surface area contributed by atoms with Crippen molar-refractivity contribution in [2.45, 2.75) is 50.7 Å². The fraction of sp³-hybridized carbons (Fsp3) is 0.462. The number of amides is 2. The number of benzene rings is 1. The van der Waals surface area contributed by atoms with Gasteiger partial charge in [-0.3, -0.25) is 0 Å². The van der Waals surface area contributed by atoms with Gasteiger partial charge in [0, 0.05) is 30.9 Å². The second-order valence-electron chi connectivity index (χ2n) is 9.80. The van der Waals surface area contributed by atoms with Crippen LogP contribution in [-0.2, 0) is 22.9 Å². The summed E-state index contributed by atoms with van der Waals surface area (Å²) in [5.74, 6) is 0.517. The summed E-state index contributed by atoms with van der Waals surface area (Å²) in [7, 11) is -1.54. The lowest BCUT2D eigenvalue weighted by Crippen LogP contribution is -2.36. The zero-order valence-corrected chi connectivity index (χ0v) is 21.1. The number of urea groups is 1. The molecule has 1 fully saturated rings. The van der Waals surface area contributed by atoms with Crippen molar-refractivity contribution in [3.63, 3.8) is 0 Å². The van der Waals surface area contributed by atoms with Crippen LogP contribution >= 0.6 is 0 Å². The SMILES string of the molecule is Cc1cc2c(c(NC(=O)NS(=O)(=O)C3CC3)c1-c1ccnc(OCC3=CCCN(C)C3)c1)CCC2. The number of nitrogens with one attached hydrogen (secondary N) is 2. The molecule has 2 amide bonds. The topological polar surface area (TPSA) is 101 Å². The number of carbonyl (C=O) groups excluding carboxylic acids is 1. The first-order valence-electron chi connectivity index (χ1n) is 12.2. The maximum Gasteiger partial charge on any atom is 0.332 e. The van der Waals surface area contributed by atoms with Gasteiger partial charge in [0.15, 0.2) is 0 Å². The Kier molecular flexibility index (Phi) is 6.55. The molecule has 35 heavy (non-hydrogen) atoms. The van der Waals surface area contributed by atoms with Crippen LogP contribution in [-0.4, -0.2) is 56.3 Å². The molecule has 2 aromatic rings. The van der Waals surface area contributed by atoms with Gasteiger partial charge in [-0.2, -0.15) is 0 Å². The number of aromatic nitrogens is 1. The van der Waals surface area contributed by atoms with Gasteiger partial charge in [0.25, 0.3) is 0 Å². The van der Waals surface area contributed by atoms with E-state index in [9.17, 15) is 13.2 Å². The summed E-state index contributed by atoms with van der Waals surface area (Å²) < 4.78 is 32.9. The van der Waals surface area contributed by atoms with Crippen LogP contribution in [0.15, 0.2) is 36.0 Å². The maximum atomic E-state index is 12.8. The molecule has 1 aromatic carbocycles. The molecule has 1 aliphatic heterocycles. The van der Waals surface area contributed by atoms with Crippen molar-refractivity contribution in [3.05, 3.63) is 52.7 Å².